The first-order valence-electron chi connectivity index (χ1n) is 5.90. The van der Waals surface area contributed by atoms with E-state index < -0.39 is 0 Å². The molecule has 0 saturated heterocycles. The van der Waals surface area contributed by atoms with E-state index in [1.54, 1.807) is 31.6 Å². The Balaban J connectivity index is 1.98. The van der Waals surface area contributed by atoms with Gasteiger partial charge < -0.3 is 15.4 Å². The van der Waals surface area contributed by atoms with Crippen LogP contribution in [-0.4, -0.2) is 23.3 Å². The third-order valence-electron chi connectivity index (χ3n) is 2.72. The van der Waals surface area contributed by atoms with Gasteiger partial charge in [-0.05, 0) is 19.1 Å². The molecule has 0 fully saturated rings. The molecule has 0 aliphatic rings. The first kappa shape index (κ1) is 12.9. The van der Waals surface area contributed by atoms with Crippen LogP contribution in [0.4, 0.5) is 10.5 Å². The van der Waals surface area contributed by atoms with Crippen LogP contribution in [0.15, 0.2) is 36.7 Å². The van der Waals surface area contributed by atoms with Crippen LogP contribution in [0, 0.1) is 0 Å². The van der Waals surface area contributed by atoms with Crippen molar-refractivity contribution < 1.29 is 9.53 Å². The van der Waals surface area contributed by atoms with E-state index in [1.807, 2.05) is 19.1 Å². The van der Waals surface area contributed by atoms with Gasteiger partial charge in [-0.2, -0.15) is 5.10 Å². The molecule has 3 N–H and O–H groups in total. The van der Waals surface area contributed by atoms with Gasteiger partial charge in [0.1, 0.15) is 5.75 Å². The van der Waals surface area contributed by atoms with Crippen LogP contribution < -0.4 is 15.4 Å². The summed E-state index contributed by atoms with van der Waals surface area (Å²) in [5.74, 6) is 0.619. The molecular formula is C13H16N4O2. The maximum Gasteiger partial charge on any atom is 0.319 e. The fraction of sp³-hybridized carbons (Fsp3) is 0.231. The molecule has 0 aliphatic carbocycles. The van der Waals surface area contributed by atoms with E-state index in [-0.39, 0.29) is 12.1 Å². The van der Waals surface area contributed by atoms with Crippen molar-refractivity contribution in [1.29, 1.82) is 0 Å². The summed E-state index contributed by atoms with van der Waals surface area (Å²) in [6.07, 6.45) is 3.42. The Morgan fingerprint density at radius 2 is 2.21 bits per heavy atom. The average molecular weight is 260 g/mol. The lowest BCUT2D eigenvalue weighted by Gasteiger charge is -2.14. The number of ether oxygens (including phenoxy) is 1. The first-order valence-corrected chi connectivity index (χ1v) is 5.90. The number of hydrogen-bond donors (Lipinski definition) is 3. The standard InChI is InChI=1S/C13H16N4O2/c1-9(10-7-14-15-8-10)16-13(18)17-11-5-3-4-6-12(11)19-2/h3-9H,1-2H3,(H,14,15)(H2,16,17,18). The second kappa shape index (κ2) is 5.90. The van der Waals surface area contributed by atoms with Crippen molar-refractivity contribution in [2.75, 3.05) is 12.4 Å². The second-order valence-electron chi connectivity index (χ2n) is 4.05. The summed E-state index contributed by atoms with van der Waals surface area (Å²) in [5, 5.41) is 12.1. The van der Waals surface area contributed by atoms with E-state index >= 15 is 0 Å². The Kier molecular flexibility index (Phi) is 4.02. The monoisotopic (exact) mass is 260 g/mol. The van der Waals surface area contributed by atoms with Gasteiger partial charge in [0.15, 0.2) is 0 Å². The molecule has 19 heavy (non-hydrogen) atoms. The number of nitrogens with one attached hydrogen (secondary N) is 3. The highest BCUT2D eigenvalue weighted by Crippen LogP contribution is 2.23. The van der Waals surface area contributed by atoms with Gasteiger partial charge in [0, 0.05) is 11.8 Å². The number of aromatic nitrogens is 2. The SMILES string of the molecule is COc1ccccc1NC(=O)NC(C)c1cn[nH]c1. The summed E-state index contributed by atoms with van der Waals surface area (Å²) in [6.45, 7) is 1.88. The minimum atomic E-state index is -0.293. The summed E-state index contributed by atoms with van der Waals surface area (Å²) >= 11 is 0. The third-order valence-corrected chi connectivity index (χ3v) is 2.72. The molecule has 2 rings (SSSR count). The summed E-state index contributed by atoms with van der Waals surface area (Å²) in [5.41, 5.74) is 1.54. The fourth-order valence-electron chi connectivity index (χ4n) is 1.68. The molecule has 0 radical (unpaired) electrons. The van der Waals surface area contributed by atoms with E-state index in [0.29, 0.717) is 11.4 Å². The molecule has 1 aromatic heterocycles. The van der Waals surface area contributed by atoms with Crippen molar-refractivity contribution in [2.45, 2.75) is 13.0 Å². The fourth-order valence-corrected chi connectivity index (χ4v) is 1.68. The maximum atomic E-state index is 11.9. The molecule has 1 aromatic carbocycles. The van der Waals surface area contributed by atoms with E-state index in [2.05, 4.69) is 20.8 Å². The topological polar surface area (TPSA) is 79.0 Å². The molecule has 0 aliphatic heterocycles. The number of carbonyl (C=O) groups is 1. The summed E-state index contributed by atoms with van der Waals surface area (Å²) in [6, 6.07) is 6.82. The number of benzene rings is 1. The van der Waals surface area contributed by atoms with Crippen LogP contribution in [0.1, 0.15) is 18.5 Å². The van der Waals surface area contributed by atoms with E-state index in [1.165, 1.54) is 0 Å². The van der Waals surface area contributed by atoms with Gasteiger partial charge in [-0.15, -0.1) is 0 Å². The van der Waals surface area contributed by atoms with Gasteiger partial charge in [-0.1, -0.05) is 12.1 Å². The average Bonchev–Trinajstić information content (AvgIpc) is 2.93. The van der Waals surface area contributed by atoms with Crippen LogP contribution in [0.25, 0.3) is 0 Å². The Morgan fingerprint density at radius 1 is 1.42 bits per heavy atom. The number of aromatic amines is 1. The molecule has 1 atom stereocenters. The van der Waals surface area contributed by atoms with Gasteiger partial charge in [0.05, 0.1) is 25.0 Å². The minimum Gasteiger partial charge on any atom is -0.495 e. The highest BCUT2D eigenvalue weighted by atomic mass is 16.5. The Morgan fingerprint density at radius 3 is 2.89 bits per heavy atom. The quantitative estimate of drug-likeness (QED) is 0.789. The van der Waals surface area contributed by atoms with Gasteiger partial charge >= 0.3 is 6.03 Å². The summed E-state index contributed by atoms with van der Waals surface area (Å²) in [4.78, 5) is 11.9. The number of urea groups is 1. The lowest BCUT2D eigenvalue weighted by Crippen LogP contribution is -2.31. The van der Waals surface area contributed by atoms with Crippen LogP contribution >= 0.6 is 0 Å². The predicted molar refractivity (Wildman–Crippen MR) is 72.2 cm³/mol. The van der Waals surface area contributed by atoms with Crippen molar-refractivity contribution in [2.24, 2.45) is 0 Å². The molecule has 2 aromatic rings. The molecule has 6 nitrogen and oxygen atoms in total. The normalized spacial score (nSPS) is 11.7. The first-order chi connectivity index (χ1) is 9.20. The number of anilines is 1. The number of carbonyl (C=O) groups excluding carboxylic acids is 1. The molecular weight excluding hydrogens is 244 g/mol. The molecule has 0 bridgehead atoms. The molecule has 100 valence electrons. The number of rotatable bonds is 4. The highest BCUT2D eigenvalue weighted by molar-refractivity contribution is 5.91. The van der Waals surface area contributed by atoms with Gasteiger partial charge in [0.2, 0.25) is 0 Å². The van der Waals surface area contributed by atoms with Crippen molar-refractivity contribution in [1.82, 2.24) is 15.5 Å². The van der Waals surface area contributed by atoms with Gasteiger partial charge in [-0.3, -0.25) is 5.10 Å². The molecule has 1 unspecified atom stereocenters. The zero-order chi connectivity index (χ0) is 13.7. The zero-order valence-electron chi connectivity index (χ0n) is 10.8. The minimum absolute atomic E-state index is 0.131. The summed E-state index contributed by atoms with van der Waals surface area (Å²) < 4.78 is 5.17. The van der Waals surface area contributed by atoms with Gasteiger partial charge in [-0.25, -0.2) is 4.79 Å². The van der Waals surface area contributed by atoms with E-state index in [4.69, 9.17) is 4.74 Å². The Labute approximate surface area is 111 Å². The van der Waals surface area contributed by atoms with Gasteiger partial charge in [0.25, 0.3) is 0 Å². The van der Waals surface area contributed by atoms with Crippen molar-refractivity contribution in [3.05, 3.63) is 42.2 Å². The third kappa shape index (κ3) is 3.25. The number of amides is 2. The van der Waals surface area contributed by atoms with Crippen LogP contribution in [0.2, 0.25) is 0 Å². The number of methoxy groups -OCH3 is 1. The van der Waals surface area contributed by atoms with Crippen molar-refractivity contribution in [3.63, 3.8) is 0 Å². The lowest BCUT2D eigenvalue weighted by atomic mass is 10.2. The zero-order valence-corrected chi connectivity index (χ0v) is 10.8. The van der Waals surface area contributed by atoms with Crippen molar-refractivity contribution >= 4 is 11.7 Å². The smallest absolute Gasteiger partial charge is 0.319 e. The number of H-pyrrole nitrogens is 1. The second-order valence-corrected chi connectivity index (χ2v) is 4.05. The highest BCUT2D eigenvalue weighted by Gasteiger charge is 2.11. The molecule has 0 spiro atoms. The van der Waals surface area contributed by atoms with Crippen LogP contribution in [0.5, 0.6) is 5.75 Å². The maximum absolute atomic E-state index is 11.9. The number of para-hydroxylation sites is 2. The number of hydrogen-bond acceptors (Lipinski definition) is 3. The Bertz CT molecular complexity index is 539. The van der Waals surface area contributed by atoms with Crippen molar-refractivity contribution in [3.8, 4) is 5.75 Å². The van der Waals surface area contributed by atoms with Crippen LogP contribution in [0.3, 0.4) is 0 Å². The summed E-state index contributed by atoms with van der Waals surface area (Å²) in [7, 11) is 1.56. The Hall–Kier alpha value is -2.50. The molecule has 6 heteroatoms. The lowest BCUT2D eigenvalue weighted by molar-refractivity contribution is 0.249. The molecule has 1 heterocycles. The largest absolute Gasteiger partial charge is 0.495 e. The number of nitrogens with zero attached hydrogens (tertiary/aromatic N) is 1. The van der Waals surface area contributed by atoms with E-state index in [0.717, 1.165) is 5.56 Å². The predicted octanol–water partition coefficient (Wildman–Crippen LogP) is 2.30. The van der Waals surface area contributed by atoms with E-state index in [9.17, 15) is 4.79 Å². The molecule has 0 saturated carbocycles. The molecule has 2 amide bonds. The van der Waals surface area contributed by atoms with Crippen LogP contribution in [-0.2, 0) is 0 Å².